The third-order valence-electron chi connectivity index (χ3n) is 5.29. The van der Waals surface area contributed by atoms with Crippen LogP contribution < -0.4 is 0 Å². The molecule has 0 aliphatic carbocycles. The van der Waals surface area contributed by atoms with Gasteiger partial charge in [0.1, 0.15) is 0 Å². The molecule has 0 atom stereocenters. The summed E-state index contributed by atoms with van der Waals surface area (Å²) in [6.07, 6.45) is 2.96. The van der Waals surface area contributed by atoms with E-state index in [0.717, 1.165) is 5.56 Å². The number of piperidine rings is 1. The van der Waals surface area contributed by atoms with Crippen molar-refractivity contribution in [2.75, 3.05) is 13.1 Å². The van der Waals surface area contributed by atoms with Gasteiger partial charge in [-0.25, -0.2) is 5.01 Å². The van der Waals surface area contributed by atoms with Crippen molar-refractivity contribution in [2.24, 2.45) is 10.5 Å². The smallest absolute Gasteiger partial charge is 0.254 e. The van der Waals surface area contributed by atoms with Crippen molar-refractivity contribution in [3.63, 3.8) is 0 Å². The minimum atomic E-state index is -0.591. The molecule has 2 amide bonds. The van der Waals surface area contributed by atoms with Gasteiger partial charge in [0.25, 0.3) is 11.8 Å². The summed E-state index contributed by atoms with van der Waals surface area (Å²) in [7, 11) is 0. The average molecular weight is 382 g/mol. The van der Waals surface area contributed by atoms with Crippen LogP contribution in [0.2, 0.25) is 5.02 Å². The standard InChI is InChI=1S/C21H20ClN3O2/c22-18-8-4-5-16(13-18)14-25-20(27)21(15-23-25)9-11-24(12-10-21)19(26)17-6-2-1-3-7-17/h1-8,13,15H,9-12,14H2. The monoisotopic (exact) mass is 381 g/mol. The number of hydrogen-bond donors (Lipinski definition) is 0. The van der Waals surface area contributed by atoms with Gasteiger partial charge in [-0.3, -0.25) is 9.59 Å². The molecule has 0 unspecified atom stereocenters. The summed E-state index contributed by atoms with van der Waals surface area (Å²) in [4.78, 5) is 27.4. The Morgan fingerprint density at radius 3 is 2.52 bits per heavy atom. The molecular weight excluding hydrogens is 362 g/mol. The third kappa shape index (κ3) is 3.47. The van der Waals surface area contributed by atoms with Gasteiger partial charge in [-0.05, 0) is 42.7 Å². The second kappa shape index (κ2) is 7.16. The van der Waals surface area contributed by atoms with E-state index in [-0.39, 0.29) is 11.8 Å². The summed E-state index contributed by atoms with van der Waals surface area (Å²) in [5, 5.41) is 6.52. The topological polar surface area (TPSA) is 53.0 Å². The average Bonchev–Trinajstić information content (AvgIpc) is 2.98. The van der Waals surface area contributed by atoms with Gasteiger partial charge in [0.05, 0.1) is 12.0 Å². The number of carbonyl (C=O) groups excluding carboxylic acids is 2. The number of carbonyl (C=O) groups is 2. The predicted molar refractivity (Wildman–Crippen MR) is 105 cm³/mol. The van der Waals surface area contributed by atoms with Crippen molar-refractivity contribution in [3.8, 4) is 0 Å². The summed E-state index contributed by atoms with van der Waals surface area (Å²) in [5.74, 6) is 0.0258. The number of amides is 2. The van der Waals surface area contributed by atoms with Crippen LogP contribution in [0.5, 0.6) is 0 Å². The zero-order chi connectivity index (χ0) is 18.9. The third-order valence-corrected chi connectivity index (χ3v) is 5.52. The van der Waals surface area contributed by atoms with Crippen molar-refractivity contribution in [1.82, 2.24) is 9.91 Å². The van der Waals surface area contributed by atoms with Gasteiger partial charge in [0.15, 0.2) is 0 Å². The van der Waals surface area contributed by atoms with Crippen molar-refractivity contribution in [2.45, 2.75) is 19.4 Å². The Morgan fingerprint density at radius 1 is 1.07 bits per heavy atom. The molecule has 0 saturated carbocycles. The van der Waals surface area contributed by atoms with Gasteiger partial charge in [-0.15, -0.1) is 0 Å². The molecule has 2 aromatic rings. The fraction of sp³-hybridized carbons (Fsp3) is 0.286. The Morgan fingerprint density at radius 2 is 1.81 bits per heavy atom. The fourth-order valence-corrected chi connectivity index (χ4v) is 3.89. The van der Waals surface area contributed by atoms with E-state index in [1.807, 2.05) is 53.4 Å². The first-order valence-electron chi connectivity index (χ1n) is 9.03. The number of halogens is 1. The lowest BCUT2D eigenvalue weighted by Crippen LogP contribution is -2.48. The Kier molecular flexibility index (Phi) is 4.70. The molecule has 1 saturated heterocycles. The number of hydrogen-bond acceptors (Lipinski definition) is 3. The summed E-state index contributed by atoms with van der Waals surface area (Å²) < 4.78 is 0. The molecule has 2 aromatic carbocycles. The summed E-state index contributed by atoms with van der Waals surface area (Å²) >= 11 is 6.03. The molecule has 0 N–H and O–H groups in total. The molecule has 27 heavy (non-hydrogen) atoms. The van der Waals surface area contributed by atoms with Crippen molar-refractivity contribution >= 4 is 29.6 Å². The number of rotatable bonds is 3. The largest absolute Gasteiger partial charge is 0.339 e. The van der Waals surface area contributed by atoms with Crippen molar-refractivity contribution < 1.29 is 9.59 Å². The molecule has 0 aromatic heterocycles. The molecule has 6 heteroatoms. The summed E-state index contributed by atoms with van der Waals surface area (Å²) in [6, 6.07) is 16.7. The van der Waals surface area contributed by atoms with E-state index < -0.39 is 5.41 Å². The number of hydrazone groups is 1. The molecule has 2 heterocycles. The van der Waals surface area contributed by atoms with Gasteiger partial charge in [-0.2, -0.15) is 5.10 Å². The van der Waals surface area contributed by atoms with E-state index >= 15 is 0 Å². The van der Waals surface area contributed by atoms with Crippen LogP contribution in [0.15, 0.2) is 59.7 Å². The minimum absolute atomic E-state index is 0.00860. The zero-order valence-electron chi connectivity index (χ0n) is 14.8. The number of likely N-dealkylation sites (tertiary alicyclic amines) is 1. The van der Waals surface area contributed by atoms with E-state index in [9.17, 15) is 9.59 Å². The van der Waals surface area contributed by atoms with E-state index in [0.29, 0.717) is 43.1 Å². The Labute approximate surface area is 163 Å². The van der Waals surface area contributed by atoms with Crippen LogP contribution in [0.1, 0.15) is 28.8 Å². The zero-order valence-corrected chi connectivity index (χ0v) is 15.6. The van der Waals surface area contributed by atoms with Crippen LogP contribution in [-0.2, 0) is 11.3 Å². The molecule has 2 aliphatic heterocycles. The maximum Gasteiger partial charge on any atom is 0.254 e. The lowest BCUT2D eigenvalue weighted by atomic mass is 9.79. The molecule has 5 nitrogen and oxygen atoms in total. The molecule has 1 spiro atoms. The van der Waals surface area contributed by atoms with Gasteiger partial charge in [-0.1, -0.05) is 41.9 Å². The fourth-order valence-electron chi connectivity index (χ4n) is 3.68. The first-order valence-corrected chi connectivity index (χ1v) is 9.41. The number of nitrogens with zero attached hydrogens (tertiary/aromatic N) is 3. The predicted octanol–water partition coefficient (Wildman–Crippen LogP) is 3.59. The van der Waals surface area contributed by atoms with Crippen LogP contribution in [0.3, 0.4) is 0 Å². The highest BCUT2D eigenvalue weighted by Crippen LogP contribution is 2.36. The van der Waals surface area contributed by atoms with Gasteiger partial charge in [0, 0.05) is 29.9 Å². The second-order valence-electron chi connectivity index (χ2n) is 7.05. The van der Waals surface area contributed by atoms with Gasteiger partial charge >= 0.3 is 0 Å². The Bertz CT molecular complexity index is 889. The highest BCUT2D eigenvalue weighted by Gasteiger charge is 2.47. The second-order valence-corrected chi connectivity index (χ2v) is 7.49. The van der Waals surface area contributed by atoms with Crippen LogP contribution in [0.4, 0.5) is 0 Å². The quantitative estimate of drug-likeness (QED) is 0.815. The molecular formula is C21H20ClN3O2. The molecule has 0 bridgehead atoms. The van der Waals surface area contributed by atoms with Crippen LogP contribution in [-0.4, -0.2) is 41.0 Å². The van der Waals surface area contributed by atoms with Gasteiger partial charge in [0.2, 0.25) is 0 Å². The van der Waals surface area contributed by atoms with Crippen LogP contribution >= 0.6 is 11.6 Å². The van der Waals surface area contributed by atoms with Crippen molar-refractivity contribution in [3.05, 3.63) is 70.7 Å². The van der Waals surface area contributed by atoms with Crippen molar-refractivity contribution in [1.29, 1.82) is 0 Å². The highest BCUT2D eigenvalue weighted by atomic mass is 35.5. The number of benzene rings is 2. The van der Waals surface area contributed by atoms with Crippen LogP contribution in [0.25, 0.3) is 0 Å². The first kappa shape index (κ1) is 17.7. The molecule has 138 valence electrons. The van der Waals surface area contributed by atoms with Gasteiger partial charge < -0.3 is 4.90 Å². The van der Waals surface area contributed by atoms with E-state index in [1.54, 1.807) is 12.3 Å². The Hall–Kier alpha value is -2.66. The first-order chi connectivity index (χ1) is 13.1. The SMILES string of the molecule is O=C(c1ccccc1)N1CCC2(C=NN(Cc3cccc(Cl)c3)C2=O)CC1. The summed E-state index contributed by atoms with van der Waals surface area (Å²) in [6.45, 7) is 1.51. The molecule has 1 fully saturated rings. The Balaban J connectivity index is 1.41. The molecule has 4 rings (SSSR count). The lowest BCUT2D eigenvalue weighted by molar-refractivity contribution is -0.138. The normalized spacial score (nSPS) is 18.3. The lowest BCUT2D eigenvalue weighted by Gasteiger charge is -2.36. The molecule has 2 aliphatic rings. The summed E-state index contributed by atoms with van der Waals surface area (Å²) in [5.41, 5.74) is 1.04. The van der Waals surface area contributed by atoms with E-state index in [2.05, 4.69) is 5.10 Å². The molecule has 0 radical (unpaired) electrons. The maximum atomic E-state index is 13.0. The highest BCUT2D eigenvalue weighted by molar-refractivity contribution is 6.30. The maximum absolute atomic E-state index is 13.0. The van der Waals surface area contributed by atoms with E-state index in [1.165, 1.54) is 5.01 Å². The minimum Gasteiger partial charge on any atom is -0.339 e. The van der Waals surface area contributed by atoms with Crippen LogP contribution in [0, 0.1) is 5.41 Å². The van der Waals surface area contributed by atoms with E-state index in [4.69, 9.17) is 11.6 Å².